The Morgan fingerprint density at radius 2 is 2.39 bits per heavy atom. The van der Waals surface area contributed by atoms with Gasteiger partial charge in [0.2, 0.25) is 5.91 Å². The average molecular weight is 317 g/mol. The quantitative estimate of drug-likeness (QED) is 0.777. The third-order valence-electron chi connectivity index (χ3n) is 2.89. The van der Waals surface area contributed by atoms with Crippen molar-refractivity contribution >= 4 is 21.8 Å². The number of nitrogens with one attached hydrogen (secondary N) is 2. The molecule has 0 spiro atoms. The molecular weight excluding hydrogens is 303 g/mol. The monoisotopic (exact) mass is 316 g/mol. The number of benzene rings is 1. The highest BCUT2D eigenvalue weighted by molar-refractivity contribution is 9.10. The van der Waals surface area contributed by atoms with Crippen molar-refractivity contribution in [3.05, 3.63) is 34.1 Å². The summed E-state index contributed by atoms with van der Waals surface area (Å²) in [5.41, 5.74) is 0.809. The van der Waals surface area contributed by atoms with Crippen molar-refractivity contribution in [2.45, 2.75) is 25.1 Å². The van der Waals surface area contributed by atoms with Crippen LogP contribution >= 0.6 is 15.9 Å². The molecule has 2 rings (SSSR count). The lowest BCUT2D eigenvalue weighted by atomic mass is 10.2. The minimum Gasteiger partial charge on any atom is -0.392 e. The van der Waals surface area contributed by atoms with Gasteiger partial charge in [-0.15, -0.1) is 0 Å². The number of hydrogen-bond donors (Lipinski definition) is 3. The van der Waals surface area contributed by atoms with Crippen LogP contribution in [0.3, 0.4) is 0 Å². The molecule has 1 saturated heterocycles. The average Bonchev–Trinajstić information content (AvgIpc) is 2.74. The first-order valence-electron chi connectivity index (χ1n) is 5.69. The van der Waals surface area contributed by atoms with E-state index in [1.807, 2.05) is 0 Å². The van der Waals surface area contributed by atoms with Gasteiger partial charge in [0, 0.05) is 17.6 Å². The summed E-state index contributed by atoms with van der Waals surface area (Å²) in [6.07, 6.45) is -0.0329. The van der Waals surface area contributed by atoms with E-state index in [-0.39, 0.29) is 17.8 Å². The van der Waals surface area contributed by atoms with Gasteiger partial charge >= 0.3 is 0 Å². The van der Waals surface area contributed by atoms with Gasteiger partial charge in [-0.1, -0.05) is 22.0 Å². The molecule has 2 atom stereocenters. The first kappa shape index (κ1) is 13.5. The molecule has 1 fully saturated rings. The molecule has 98 valence electrons. The van der Waals surface area contributed by atoms with Crippen molar-refractivity contribution in [3.8, 4) is 0 Å². The molecular formula is C12H14BrFN2O2. The van der Waals surface area contributed by atoms with Crippen LogP contribution in [0.5, 0.6) is 0 Å². The molecule has 1 aromatic rings. The van der Waals surface area contributed by atoms with Crippen molar-refractivity contribution in [2.24, 2.45) is 0 Å². The van der Waals surface area contributed by atoms with Crippen LogP contribution < -0.4 is 10.6 Å². The Balaban J connectivity index is 1.89. The van der Waals surface area contributed by atoms with E-state index < -0.39 is 6.10 Å². The van der Waals surface area contributed by atoms with E-state index in [0.29, 0.717) is 24.0 Å². The number of amides is 1. The van der Waals surface area contributed by atoms with Crippen LogP contribution in [0, 0.1) is 5.82 Å². The third kappa shape index (κ3) is 3.28. The molecule has 0 saturated carbocycles. The largest absolute Gasteiger partial charge is 0.392 e. The second kappa shape index (κ2) is 5.77. The van der Waals surface area contributed by atoms with Gasteiger partial charge in [0.1, 0.15) is 5.82 Å². The minimum atomic E-state index is -0.460. The lowest BCUT2D eigenvalue weighted by molar-refractivity contribution is -0.123. The van der Waals surface area contributed by atoms with Gasteiger partial charge in [-0.2, -0.15) is 0 Å². The summed E-state index contributed by atoms with van der Waals surface area (Å²) in [6.45, 7) is 0.770. The van der Waals surface area contributed by atoms with Gasteiger partial charge < -0.3 is 15.7 Å². The lowest BCUT2D eigenvalue weighted by Crippen LogP contribution is -2.40. The number of aliphatic hydroxyl groups excluding tert-OH is 1. The zero-order chi connectivity index (χ0) is 13.1. The number of rotatable bonds is 3. The lowest BCUT2D eigenvalue weighted by Gasteiger charge is -2.11. The summed E-state index contributed by atoms with van der Waals surface area (Å²) >= 11 is 3.24. The number of aliphatic hydroxyl groups is 1. The van der Waals surface area contributed by atoms with Crippen LogP contribution in [0.2, 0.25) is 0 Å². The molecule has 0 aliphatic carbocycles. The van der Waals surface area contributed by atoms with Crippen molar-refractivity contribution in [2.75, 3.05) is 6.54 Å². The predicted molar refractivity (Wildman–Crippen MR) is 68.4 cm³/mol. The van der Waals surface area contributed by atoms with Gasteiger partial charge in [0.25, 0.3) is 0 Å². The maximum Gasteiger partial charge on any atom is 0.237 e. The highest BCUT2D eigenvalue weighted by Crippen LogP contribution is 2.18. The second-order valence-corrected chi connectivity index (χ2v) is 5.16. The van der Waals surface area contributed by atoms with E-state index in [0.717, 1.165) is 5.56 Å². The van der Waals surface area contributed by atoms with Gasteiger partial charge in [-0.05, 0) is 24.1 Å². The normalized spacial score (nSPS) is 23.1. The zero-order valence-corrected chi connectivity index (χ0v) is 11.2. The number of β-amino-alcohol motifs (C(OH)–C–C–N with tert-alkyl or cyclic N) is 1. The highest BCUT2D eigenvalue weighted by Gasteiger charge is 2.27. The van der Waals surface area contributed by atoms with Gasteiger partial charge in [-0.25, -0.2) is 4.39 Å². The van der Waals surface area contributed by atoms with Crippen LogP contribution in [-0.2, 0) is 11.3 Å². The van der Waals surface area contributed by atoms with E-state index in [1.54, 1.807) is 6.07 Å². The van der Waals surface area contributed by atoms with Crippen LogP contribution in [-0.4, -0.2) is 29.7 Å². The summed E-state index contributed by atoms with van der Waals surface area (Å²) in [5.74, 6) is -0.472. The molecule has 0 bridgehead atoms. The van der Waals surface area contributed by atoms with E-state index in [2.05, 4.69) is 26.6 Å². The van der Waals surface area contributed by atoms with E-state index >= 15 is 0 Å². The summed E-state index contributed by atoms with van der Waals surface area (Å²) in [7, 11) is 0. The van der Waals surface area contributed by atoms with Crippen molar-refractivity contribution < 1.29 is 14.3 Å². The number of carbonyl (C=O) groups excluding carboxylic acids is 1. The van der Waals surface area contributed by atoms with Crippen molar-refractivity contribution in [1.82, 2.24) is 10.6 Å². The maximum absolute atomic E-state index is 12.9. The van der Waals surface area contributed by atoms with Crippen LogP contribution in [0.1, 0.15) is 12.0 Å². The molecule has 1 amide bonds. The van der Waals surface area contributed by atoms with Crippen LogP contribution in [0.15, 0.2) is 22.7 Å². The Labute approximate surface area is 113 Å². The molecule has 1 aliphatic heterocycles. The molecule has 1 heterocycles. The van der Waals surface area contributed by atoms with E-state index in [4.69, 9.17) is 0 Å². The Morgan fingerprint density at radius 1 is 1.61 bits per heavy atom. The third-order valence-corrected chi connectivity index (χ3v) is 3.63. The summed E-state index contributed by atoms with van der Waals surface area (Å²) in [5, 5.41) is 15.0. The van der Waals surface area contributed by atoms with Gasteiger partial charge in [-0.3, -0.25) is 4.79 Å². The molecule has 18 heavy (non-hydrogen) atoms. The molecule has 1 aliphatic rings. The molecule has 2 unspecified atom stereocenters. The smallest absolute Gasteiger partial charge is 0.237 e. The molecule has 4 nitrogen and oxygen atoms in total. The Bertz CT molecular complexity index is 456. The SMILES string of the molecule is O=C(NCc1ccc(F)cc1Br)C1CC(O)CN1. The van der Waals surface area contributed by atoms with Crippen LogP contribution in [0.4, 0.5) is 4.39 Å². The number of hydrogen-bond acceptors (Lipinski definition) is 3. The fourth-order valence-electron chi connectivity index (χ4n) is 1.89. The second-order valence-electron chi connectivity index (χ2n) is 4.30. The highest BCUT2D eigenvalue weighted by atomic mass is 79.9. The fraction of sp³-hybridized carbons (Fsp3) is 0.417. The Morgan fingerprint density at radius 3 is 3.00 bits per heavy atom. The topological polar surface area (TPSA) is 61.4 Å². The number of halogens is 2. The molecule has 3 N–H and O–H groups in total. The van der Waals surface area contributed by atoms with Crippen molar-refractivity contribution in [3.63, 3.8) is 0 Å². The molecule has 6 heteroatoms. The Hall–Kier alpha value is -0.980. The van der Waals surface area contributed by atoms with E-state index in [1.165, 1.54) is 12.1 Å². The minimum absolute atomic E-state index is 0.150. The van der Waals surface area contributed by atoms with E-state index in [9.17, 15) is 14.3 Å². The first-order chi connectivity index (χ1) is 8.56. The predicted octanol–water partition coefficient (Wildman–Crippen LogP) is 0.927. The summed E-state index contributed by atoms with van der Waals surface area (Å²) < 4.78 is 13.5. The Kier molecular flexibility index (Phi) is 4.31. The molecule has 0 aromatic heterocycles. The maximum atomic E-state index is 12.9. The fourth-order valence-corrected chi connectivity index (χ4v) is 2.38. The number of carbonyl (C=O) groups is 1. The zero-order valence-electron chi connectivity index (χ0n) is 9.62. The summed E-state index contributed by atoms with van der Waals surface area (Å²) in [6, 6.07) is 3.98. The van der Waals surface area contributed by atoms with Gasteiger partial charge in [0.05, 0.1) is 12.1 Å². The molecule has 1 aromatic carbocycles. The van der Waals surface area contributed by atoms with Crippen molar-refractivity contribution in [1.29, 1.82) is 0 Å². The van der Waals surface area contributed by atoms with Gasteiger partial charge in [0.15, 0.2) is 0 Å². The standard InChI is InChI=1S/C12H14BrFN2O2/c13-10-3-8(14)2-1-7(10)5-16-12(18)11-4-9(17)6-15-11/h1-3,9,11,15,17H,4-6H2,(H,16,18). The summed E-state index contributed by atoms with van der Waals surface area (Å²) in [4.78, 5) is 11.8. The van der Waals surface area contributed by atoms with Crippen LogP contribution in [0.25, 0.3) is 0 Å². The first-order valence-corrected chi connectivity index (χ1v) is 6.48. The molecule has 0 radical (unpaired) electrons.